The molecule has 0 aliphatic heterocycles. The smallest absolute Gasteiger partial charge is 0.466 e. The lowest BCUT2D eigenvalue weighted by molar-refractivity contribution is -0.145. The summed E-state index contributed by atoms with van der Waals surface area (Å²) >= 11 is 0. The highest BCUT2D eigenvalue weighted by atomic mass is 31.2. The van der Waals surface area contributed by atoms with Crippen molar-refractivity contribution in [3.05, 3.63) is 0 Å². The average molecular weight is 586 g/mol. The highest BCUT2D eigenvalue weighted by molar-refractivity contribution is 7.45. The van der Waals surface area contributed by atoms with Gasteiger partial charge in [-0.2, -0.15) is 0 Å². The van der Waals surface area contributed by atoms with Crippen molar-refractivity contribution in [3.8, 4) is 0 Å². The van der Waals surface area contributed by atoms with Crippen LogP contribution in [0.3, 0.4) is 0 Å². The molecule has 0 rings (SSSR count). The van der Waals surface area contributed by atoms with E-state index in [-0.39, 0.29) is 13.1 Å². The lowest BCUT2D eigenvalue weighted by Gasteiger charge is -2.23. The Balaban J connectivity index is -0.000000258. The van der Waals surface area contributed by atoms with Crippen molar-refractivity contribution in [2.45, 2.75) is 0 Å². The number of aliphatic carboxylic acids is 4. The molecule has 0 aliphatic carbocycles. The van der Waals surface area contributed by atoms with Crippen molar-refractivity contribution in [1.29, 1.82) is 0 Å². The van der Waals surface area contributed by atoms with E-state index in [9.17, 15) is 19.2 Å². The fourth-order valence-electron chi connectivity index (χ4n) is 1.48. The lowest BCUT2D eigenvalue weighted by atomic mass is 10.4. The molecule has 25 heteroatoms. The van der Waals surface area contributed by atoms with E-state index in [1.54, 1.807) is 0 Å². The van der Waals surface area contributed by atoms with Crippen molar-refractivity contribution in [2.24, 2.45) is 0 Å². The third kappa shape index (κ3) is 79.7. The monoisotopic (exact) mass is 586 g/mol. The van der Waals surface area contributed by atoms with E-state index in [0.717, 1.165) is 9.80 Å². The topological polar surface area (TPSA) is 389 Å². The maximum atomic E-state index is 10.6. The van der Waals surface area contributed by atoms with Crippen molar-refractivity contribution in [2.75, 3.05) is 39.3 Å². The summed E-state index contributed by atoms with van der Waals surface area (Å²) in [4.78, 5) is 109. The zero-order valence-electron chi connectivity index (χ0n) is 17.2. The van der Waals surface area contributed by atoms with Gasteiger partial charge < -0.3 is 64.5 Å². The quantitative estimate of drug-likeness (QED) is 0.101. The maximum absolute atomic E-state index is 10.6. The Morgan fingerprint density at radius 3 is 0.629 bits per heavy atom. The van der Waals surface area contributed by atoms with E-state index in [0.29, 0.717) is 0 Å². The largest absolute Gasteiger partial charge is 0.480 e. The number of carbonyl (C=O) groups is 4. The highest BCUT2D eigenvalue weighted by Crippen LogP contribution is 2.26. The predicted octanol–water partition coefficient (Wildman–Crippen LogP) is -4.86. The number of rotatable bonds is 11. The summed E-state index contributed by atoms with van der Waals surface area (Å²) in [5.41, 5.74) is 0. The molecule has 0 aliphatic rings. The van der Waals surface area contributed by atoms with Crippen LogP contribution in [0.4, 0.5) is 0 Å². The van der Waals surface area contributed by atoms with Crippen LogP contribution in [0.15, 0.2) is 0 Å². The van der Waals surface area contributed by atoms with E-state index >= 15 is 0 Å². The van der Waals surface area contributed by atoms with Crippen LogP contribution in [0.5, 0.6) is 0 Å². The number of hydrogen-bond acceptors (Lipinski definition) is 9. The summed E-state index contributed by atoms with van der Waals surface area (Å²) in [6.45, 7) is -2.25. The van der Waals surface area contributed by atoms with E-state index in [1.165, 1.54) is 0 Å². The van der Waals surface area contributed by atoms with E-state index in [1.807, 2.05) is 0 Å². The third-order valence-corrected chi connectivity index (χ3v) is 2.17. The molecule has 0 amide bonds. The average Bonchev–Trinajstić information content (AvgIpc) is 2.45. The normalized spacial score (nSPS) is 11.2. The van der Waals surface area contributed by atoms with Crippen LogP contribution < -0.4 is 0 Å². The second-order valence-electron chi connectivity index (χ2n) is 5.54. The van der Waals surface area contributed by atoms with Crippen molar-refractivity contribution in [3.63, 3.8) is 0 Å². The number of hydrogen-bond donors (Lipinski definition) is 13. The first-order valence-electron chi connectivity index (χ1n) is 7.87. The Labute approximate surface area is 194 Å². The molecule has 0 saturated carbocycles. The molecule has 210 valence electrons. The number of carboxylic acid groups (broad SMARTS) is 4. The number of carboxylic acids is 4. The van der Waals surface area contributed by atoms with Gasteiger partial charge in [-0.15, -0.1) is 0 Å². The standard InChI is InChI=1S/C10H16N2O8.3H3O4P/c13-7(14)3-11(4-8(15)16)1-2-12(5-9(17)18)6-10(19)20;3*1-5(2,3)4/h1-6H2,(H,13,14)(H,15,16)(H,17,18)(H,19,20);3*(H3,1,2,3,4). The molecular formula is C10H25N2O20P3. The summed E-state index contributed by atoms with van der Waals surface area (Å²) in [5.74, 6) is -4.91. The first-order valence-corrected chi connectivity index (χ1v) is 12.6. The van der Waals surface area contributed by atoms with Gasteiger partial charge in [-0.1, -0.05) is 0 Å². The Morgan fingerprint density at radius 1 is 0.429 bits per heavy atom. The molecule has 22 nitrogen and oxygen atoms in total. The summed E-state index contributed by atoms with van der Waals surface area (Å²) in [6, 6.07) is 0. The van der Waals surface area contributed by atoms with Gasteiger partial charge in [0.25, 0.3) is 0 Å². The molecule has 0 unspecified atom stereocenters. The second-order valence-corrected chi connectivity index (χ2v) is 8.62. The third-order valence-electron chi connectivity index (χ3n) is 2.17. The van der Waals surface area contributed by atoms with Gasteiger partial charge >= 0.3 is 47.3 Å². The molecule has 0 aromatic carbocycles. The minimum absolute atomic E-state index is 0.0703. The molecule has 0 aromatic rings. The van der Waals surface area contributed by atoms with Crippen LogP contribution in [-0.2, 0) is 32.9 Å². The molecule has 0 aromatic heterocycles. The Bertz CT molecular complexity index is 659. The van der Waals surface area contributed by atoms with Gasteiger partial charge in [0.2, 0.25) is 0 Å². The van der Waals surface area contributed by atoms with Crippen LogP contribution in [0.1, 0.15) is 0 Å². The first kappa shape index (κ1) is 40.3. The van der Waals surface area contributed by atoms with Gasteiger partial charge in [-0.05, 0) is 0 Å². The highest BCUT2D eigenvalue weighted by Gasteiger charge is 2.18. The first-order chi connectivity index (χ1) is 15.2. The van der Waals surface area contributed by atoms with Crippen molar-refractivity contribution >= 4 is 47.3 Å². The van der Waals surface area contributed by atoms with Gasteiger partial charge in [0.05, 0.1) is 26.2 Å². The number of phosphoric acid groups is 3. The van der Waals surface area contributed by atoms with Gasteiger partial charge in [-0.25, -0.2) is 13.7 Å². The molecule has 0 spiro atoms. The van der Waals surface area contributed by atoms with Gasteiger partial charge in [0, 0.05) is 13.1 Å². The predicted molar refractivity (Wildman–Crippen MR) is 106 cm³/mol. The second kappa shape index (κ2) is 19.3. The molecule has 0 heterocycles. The molecule has 0 radical (unpaired) electrons. The van der Waals surface area contributed by atoms with Crippen LogP contribution in [0.2, 0.25) is 0 Å². The van der Waals surface area contributed by atoms with Crippen LogP contribution in [0.25, 0.3) is 0 Å². The molecule has 0 fully saturated rings. The van der Waals surface area contributed by atoms with Gasteiger partial charge in [-0.3, -0.25) is 29.0 Å². The Morgan fingerprint density at radius 2 is 0.543 bits per heavy atom. The van der Waals surface area contributed by atoms with Crippen molar-refractivity contribution < 1.29 is 97.3 Å². The van der Waals surface area contributed by atoms with Gasteiger partial charge in [0.15, 0.2) is 0 Å². The maximum Gasteiger partial charge on any atom is 0.466 e. The fourth-order valence-corrected chi connectivity index (χ4v) is 1.48. The molecule has 0 bridgehead atoms. The Kier molecular flexibility index (Phi) is 22.3. The lowest BCUT2D eigenvalue weighted by Crippen LogP contribution is -2.43. The van der Waals surface area contributed by atoms with Crippen LogP contribution >= 0.6 is 23.5 Å². The number of nitrogens with zero attached hydrogens (tertiary/aromatic N) is 2. The van der Waals surface area contributed by atoms with Crippen LogP contribution in [-0.4, -0.2) is 137 Å². The van der Waals surface area contributed by atoms with E-state index < -0.39 is 73.5 Å². The zero-order valence-corrected chi connectivity index (χ0v) is 19.8. The molecule has 0 atom stereocenters. The SMILES string of the molecule is O=C(O)CN(CCN(CC(=O)O)CC(=O)O)CC(=O)O.O=P(O)(O)O.O=P(O)(O)O.O=P(O)(O)O. The van der Waals surface area contributed by atoms with E-state index in [2.05, 4.69) is 0 Å². The Hall–Kier alpha value is -1.87. The molecule has 0 saturated heterocycles. The van der Waals surface area contributed by atoms with Crippen LogP contribution in [0, 0.1) is 0 Å². The van der Waals surface area contributed by atoms with E-state index in [4.69, 9.17) is 78.2 Å². The summed E-state index contributed by atoms with van der Waals surface area (Å²) in [6.07, 6.45) is 0. The summed E-state index contributed by atoms with van der Waals surface area (Å²) < 4.78 is 26.6. The van der Waals surface area contributed by atoms with Gasteiger partial charge in [0.1, 0.15) is 0 Å². The zero-order chi connectivity index (χ0) is 29.2. The molecule has 35 heavy (non-hydrogen) atoms. The molecule has 13 N–H and O–H groups in total. The van der Waals surface area contributed by atoms with Crippen molar-refractivity contribution in [1.82, 2.24) is 9.80 Å². The fraction of sp³-hybridized carbons (Fsp3) is 0.600. The molecular weight excluding hydrogens is 561 g/mol. The summed E-state index contributed by atoms with van der Waals surface area (Å²) in [7, 11) is -13.9. The summed E-state index contributed by atoms with van der Waals surface area (Å²) in [5, 5.41) is 34.5. The minimum atomic E-state index is -4.64. The minimum Gasteiger partial charge on any atom is -0.480 e.